The number of hydrazone groups is 1. The molecule has 0 fully saturated rings. The van der Waals surface area contributed by atoms with Crippen LogP contribution in [0.5, 0.6) is 23.0 Å². The van der Waals surface area contributed by atoms with Gasteiger partial charge < -0.3 is 18.9 Å². The zero-order valence-corrected chi connectivity index (χ0v) is 20.6. The van der Waals surface area contributed by atoms with Crippen LogP contribution in [-0.2, 0) is 6.61 Å². The van der Waals surface area contributed by atoms with E-state index in [9.17, 15) is 4.79 Å². The average Bonchev–Trinajstić information content (AvgIpc) is 2.83. The third kappa shape index (κ3) is 6.63. The molecule has 0 radical (unpaired) electrons. The Morgan fingerprint density at radius 3 is 2.27 bits per heavy atom. The molecule has 0 aliphatic rings. The average molecular weight is 534 g/mol. The monoisotopic (exact) mass is 532 g/mol. The van der Waals surface area contributed by atoms with E-state index in [0.717, 1.165) is 5.56 Å². The maximum Gasteiger partial charge on any atom is 0.271 e. The summed E-state index contributed by atoms with van der Waals surface area (Å²) in [5, 5.41) is 4.71. The fraction of sp³-hybridized carbons (Fsp3) is 0.167. The number of ether oxygens (including phenoxy) is 4. The van der Waals surface area contributed by atoms with Crippen LogP contribution in [-0.4, -0.2) is 33.5 Å². The highest BCUT2D eigenvalue weighted by Gasteiger charge is 2.12. The fourth-order valence-electron chi connectivity index (χ4n) is 2.86. The van der Waals surface area contributed by atoms with Gasteiger partial charge in [-0.25, -0.2) is 5.43 Å². The Hall–Kier alpha value is -3.23. The number of methoxy groups -OCH3 is 3. The summed E-state index contributed by atoms with van der Waals surface area (Å²) in [6.07, 6.45) is 1.51. The van der Waals surface area contributed by atoms with Gasteiger partial charge in [0.1, 0.15) is 18.1 Å². The van der Waals surface area contributed by atoms with Crippen LogP contribution in [0.2, 0.25) is 5.02 Å². The highest BCUT2D eigenvalue weighted by molar-refractivity contribution is 9.10. The van der Waals surface area contributed by atoms with Gasteiger partial charge in [-0.1, -0.05) is 23.7 Å². The number of carbonyl (C=O) groups is 1. The van der Waals surface area contributed by atoms with Crippen LogP contribution >= 0.6 is 27.5 Å². The number of benzene rings is 3. The molecule has 1 amide bonds. The van der Waals surface area contributed by atoms with E-state index in [-0.39, 0.29) is 0 Å². The summed E-state index contributed by atoms with van der Waals surface area (Å²) in [6, 6.07) is 15.8. The van der Waals surface area contributed by atoms with Crippen molar-refractivity contribution in [1.82, 2.24) is 5.43 Å². The second-order valence-electron chi connectivity index (χ2n) is 6.75. The lowest BCUT2D eigenvalue weighted by Crippen LogP contribution is -2.17. The van der Waals surface area contributed by atoms with E-state index < -0.39 is 5.91 Å². The molecule has 0 unspecified atom stereocenters. The van der Waals surface area contributed by atoms with Crippen molar-refractivity contribution in [1.29, 1.82) is 0 Å². The van der Waals surface area contributed by atoms with Crippen molar-refractivity contribution in [2.75, 3.05) is 21.3 Å². The van der Waals surface area contributed by atoms with Crippen LogP contribution in [0.15, 0.2) is 64.2 Å². The van der Waals surface area contributed by atoms with Crippen molar-refractivity contribution in [3.8, 4) is 23.0 Å². The first kappa shape index (κ1) is 24.4. The van der Waals surface area contributed by atoms with Gasteiger partial charge in [-0.3, -0.25) is 4.79 Å². The second kappa shape index (κ2) is 11.6. The minimum atomic E-state index is -0.405. The molecule has 7 nitrogen and oxygen atoms in total. The number of halogens is 2. The molecule has 1 N–H and O–H groups in total. The molecule has 9 heteroatoms. The van der Waals surface area contributed by atoms with Gasteiger partial charge in [-0.05, 0) is 63.5 Å². The molecule has 0 aliphatic heterocycles. The molecular weight excluding hydrogens is 512 g/mol. The predicted molar refractivity (Wildman–Crippen MR) is 131 cm³/mol. The minimum absolute atomic E-state index is 0.347. The van der Waals surface area contributed by atoms with Gasteiger partial charge in [-0.15, -0.1) is 0 Å². The first-order valence-electron chi connectivity index (χ1n) is 9.74. The van der Waals surface area contributed by atoms with Crippen LogP contribution in [0, 0.1) is 0 Å². The highest BCUT2D eigenvalue weighted by atomic mass is 79.9. The van der Waals surface area contributed by atoms with Crippen molar-refractivity contribution in [3.05, 3.63) is 80.8 Å². The Bertz CT molecular complexity index is 1130. The zero-order chi connectivity index (χ0) is 23.8. The lowest BCUT2D eigenvalue weighted by molar-refractivity contribution is 0.0954. The second-order valence-corrected chi connectivity index (χ2v) is 8.04. The van der Waals surface area contributed by atoms with E-state index in [4.69, 9.17) is 30.5 Å². The predicted octanol–water partition coefficient (Wildman–Crippen LogP) is 5.47. The largest absolute Gasteiger partial charge is 0.497 e. The summed E-state index contributed by atoms with van der Waals surface area (Å²) < 4.78 is 22.5. The Morgan fingerprint density at radius 2 is 1.67 bits per heavy atom. The van der Waals surface area contributed by atoms with Crippen molar-refractivity contribution < 1.29 is 23.7 Å². The lowest BCUT2D eigenvalue weighted by atomic mass is 10.2. The Morgan fingerprint density at radius 1 is 1.00 bits per heavy atom. The van der Waals surface area contributed by atoms with Gasteiger partial charge in [0, 0.05) is 16.7 Å². The zero-order valence-electron chi connectivity index (χ0n) is 18.2. The van der Waals surface area contributed by atoms with Crippen molar-refractivity contribution in [3.63, 3.8) is 0 Å². The van der Waals surface area contributed by atoms with Gasteiger partial charge in [0.15, 0.2) is 11.5 Å². The van der Waals surface area contributed by atoms with Crippen molar-refractivity contribution in [2.24, 2.45) is 5.10 Å². The number of hydrogen-bond acceptors (Lipinski definition) is 6. The molecule has 3 aromatic rings. The van der Waals surface area contributed by atoms with Gasteiger partial charge in [0.25, 0.3) is 5.91 Å². The molecule has 3 aromatic carbocycles. The molecule has 0 aliphatic carbocycles. The van der Waals surface area contributed by atoms with Gasteiger partial charge in [-0.2, -0.15) is 5.10 Å². The van der Waals surface area contributed by atoms with Crippen molar-refractivity contribution >= 4 is 39.7 Å². The van der Waals surface area contributed by atoms with E-state index in [0.29, 0.717) is 50.2 Å². The van der Waals surface area contributed by atoms with E-state index in [1.165, 1.54) is 20.4 Å². The highest BCUT2D eigenvalue weighted by Crippen LogP contribution is 2.37. The number of carbonyl (C=O) groups excluding carboxylic acids is 1. The Kier molecular flexibility index (Phi) is 8.57. The Labute approximate surface area is 205 Å². The molecule has 3 rings (SSSR count). The molecule has 0 atom stereocenters. The number of hydrogen-bond donors (Lipinski definition) is 1. The van der Waals surface area contributed by atoms with Crippen LogP contribution in [0.25, 0.3) is 0 Å². The summed E-state index contributed by atoms with van der Waals surface area (Å²) in [6.45, 7) is 0.347. The summed E-state index contributed by atoms with van der Waals surface area (Å²) in [5.41, 5.74) is 4.51. The maximum atomic E-state index is 12.5. The molecule has 0 saturated heterocycles. The molecule has 0 bridgehead atoms. The molecule has 0 aromatic heterocycles. The minimum Gasteiger partial charge on any atom is -0.497 e. The van der Waals surface area contributed by atoms with Crippen LogP contribution in [0.1, 0.15) is 21.5 Å². The first-order chi connectivity index (χ1) is 15.9. The summed E-state index contributed by atoms with van der Waals surface area (Å²) in [7, 11) is 4.58. The van der Waals surface area contributed by atoms with Gasteiger partial charge >= 0.3 is 0 Å². The van der Waals surface area contributed by atoms with Crippen LogP contribution in [0.4, 0.5) is 0 Å². The van der Waals surface area contributed by atoms with Crippen LogP contribution in [0.3, 0.4) is 0 Å². The molecule has 0 spiro atoms. The molecule has 0 heterocycles. The SMILES string of the molecule is COc1cc(OC)cc(C(=O)N/N=C\c2cc(Br)c(OCc3ccc(Cl)cc3)c(OC)c2)c1. The number of nitrogens with one attached hydrogen (secondary N) is 1. The van der Waals surface area contributed by atoms with Crippen molar-refractivity contribution in [2.45, 2.75) is 6.61 Å². The normalized spacial score (nSPS) is 10.7. The number of rotatable bonds is 9. The number of amides is 1. The van der Waals surface area contributed by atoms with E-state index >= 15 is 0 Å². The van der Waals surface area contributed by atoms with E-state index in [1.807, 2.05) is 30.3 Å². The third-order valence-electron chi connectivity index (χ3n) is 4.54. The summed E-state index contributed by atoms with van der Waals surface area (Å²) >= 11 is 9.43. The van der Waals surface area contributed by atoms with E-state index in [2.05, 4.69) is 26.5 Å². The quantitative estimate of drug-likeness (QED) is 0.291. The Balaban J connectivity index is 1.70. The third-order valence-corrected chi connectivity index (χ3v) is 5.38. The summed E-state index contributed by atoms with van der Waals surface area (Å²) in [5.74, 6) is 1.68. The maximum absolute atomic E-state index is 12.5. The summed E-state index contributed by atoms with van der Waals surface area (Å²) in [4.78, 5) is 12.5. The molecule has 0 saturated carbocycles. The van der Waals surface area contributed by atoms with Gasteiger partial charge in [0.05, 0.1) is 32.0 Å². The fourth-order valence-corrected chi connectivity index (χ4v) is 3.56. The molecular formula is C24H22BrClN2O5. The molecule has 172 valence electrons. The smallest absolute Gasteiger partial charge is 0.271 e. The number of nitrogens with zero attached hydrogens (tertiary/aromatic N) is 1. The van der Waals surface area contributed by atoms with Crippen LogP contribution < -0.4 is 24.4 Å². The standard InChI is InChI=1S/C24H22BrClN2O5/c1-30-19-10-17(11-20(12-19)31-2)24(29)28-27-13-16-8-21(25)23(22(9-16)32-3)33-14-15-4-6-18(26)7-5-15/h4-13H,14H2,1-3H3,(H,28,29)/b27-13-. The van der Waals surface area contributed by atoms with E-state index in [1.54, 1.807) is 31.4 Å². The van der Waals surface area contributed by atoms with Gasteiger partial charge in [0.2, 0.25) is 0 Å². The lowest BCUT2D eigenvalue weighted by Gasteiger charge is -2.13. The topological polar surface area (TPSA) is 78.4 Å². The molecule has 33 heavy (non-hydrogen) atoms. The first-order valence-corrected chi connectivity index (χ1v) is 10.9.